The number of hydrogen-bond donors (Lipinski definition) is 1. The van der Waals surface area contributed by atoms with Crippen LogP contribution in [-0.2, 0) is 22.5 Å². The lowest BCUT2D eigenvalue weighted by Gasteiger charge is -2.24. The molecule has 44 heavy (non-hydrogen) atoms. The minimum atomic E-state index is 0.103. The number of para-hydroxylation sites is 1. The van der Waals surface area contributed by atoms with E-state index in [2.05, 4.69) is 56.8 Å². The smallest absolute Gasteiger partial charge is 0.223 e. The lowest BCUT2D eigenvalue weighted by atomic mass is 9.96. The van der Waals surface area contributed by atoms with E-state index in [9.17, 15) is 4.79 Å². The van der Waals surface area contributed by atoms with Gasteiger partial charge in [0.1, 0.15) is 30.3 Å². The van der Waals surface area contributed by atoms with Crippen LogP contribution in [0.3, 0.4) is 0 Å². The number of amides is 1. The first-order chi connectivity index (χ1) is 21.5. The minimum Gasteiger partial charge on any atom is -0.491 e. The number of aromatic nitrogens is 3. The Bertz CT molecular complexity index is 1730. The van der Waals surface area contributed by atoms with Crippen LogP contribution in [0, 0.1) is 13.8 Å². The van der Waals surface area contributed by atoms with Crippen LogP contribution in [0.15, 0.2) is 77.6 Å². The second-order valence-electron chi connectivity index (χ2n) is 11.1. The number of carbonyl (C=O) groups excluding carboxylic acids is 1. The molecule has 6 rings (SSSR count). The first-order valence-corrected chi connectivity index (χ1v) is 15.1. The van der Waals surface area contributed by atoms with E-state index >= 15 is 0 Å². The first-order valence-electron chi connectivity index (χ1n) is 15.1. The van der Waals surface area contributed by atoms with Crippen LogP contribution < -0.4 is 10.1 Å². The third kappa shape index (κ3) is 6.89. The van der Waals surface area contributed by atoms with Gasteiger partial charge in [-0.05, 0) is 66.8 Å². The summed E-state index contributed by atoms with van der Waals surface area (Å²) >= 11 is 0. The van der Waals surface area contributed by atoms with Crippen LogP contribution in [-0.4, -0.2) is 58.8 Å². The van der Waals surface area contributed by atoms with Crippen LogP contribution in [0.4, 0.5) is 5.82 Å². The Kier molecular flexibility index (Phi) is 9.12. The van der Waals surface area contributed by atoms with E-state index in [4.69, 9.17) is 14.0 Å². The fraction of sp³-hybridized carbons (Fsp3) is 0.314. The van der Waals surface area contributed by atoms with Crippen molar-refractivity contribution >= 4 is 22.6 Å². The van der Waals surface area contributed by atoms with E-state index in [1.54, 1.807) is 6.33 Å². The van der Waals surface area contributed by atoms with Gasteiger partial charge in [-0.2, -0.15) is 0 Å². The summed E-state index contributed by atoms with van der Waals surface area (Å²) in [6.07, 6.45) is 3.37. The van der Waals surface area contributed by atoms with Crippen molar-refractivity contribution in [3.8, 4) is 16.9 Å². The van der Waals surface area contributed by atoms with Crippen molar-refractivity contribution in [3.05, 3.63) is 101 Å². The predicted molar refractivity (Wildman–Crippen MR) is 170 cm³/mol. The van der Waals surface area contributed by atoms with Crippen molar-refractivity contribution in [2.45, 2.75) is 39.7 Å². The monoisotopic (exact) mass is 591 g/mol. The van der Waals surface area contributed by atoms with Gasteiger partial charge >= 0.3 is 0 Å². The van der Waals surface area contributed by atoms with E-state index < -0.39 is 0 Å². The van der Waals surface area contributed by atoms with Crippen molar-refractivity contribution in [1.29, 1.82) is 0 Å². The van der Waals surface area contributed by atoms with Gasteiger partial charge in [-0.1, -0.05) is 47.6 Å². The summed E-state index contributed by atoms with van der Waals surface area (Å²) in [4.78, 5) is 24.0. The molecular formula is C35H37N5O4. The van der Waals surface area contributed by atoms with Gasteiger partial charge in [-0.15, -0.1) is 0 Å². The van der Waals surface area contributed by atoms with Gasteiger partial charge in [0.25, 0.3) is 0 Å². The number of aryl methyl sites for hydroxylation is 2. The molecule has 0 fully saturated rings. The lowest BCUT2D eigenvalue weighted by Crippen LogP contribution is -2.34. The van der Waals surface area contributed by atoms with Gasteiger partial charge in [-0.3, -0.25) is 4.79 Å². The minimum absolute atomic E-state index is 0.103. The molecule has 2 aromatic heterocycles. The molecule has 5 aromatic rings. The second kappa shape index (κ2) is 13.7. The van der Waals surface area contributed by atoms with Crippen molar-refractivity contribution in [3.63, 3.8) is 0 Å². The highest BCUT2D eigenvalue weighted by Crippen LogP contribution is 2.32. The number of hydrogen-bond acceptors (Lipinski definition) is 8. The zero-order valence-electron chi connectivity index (χ0n) is 25.2. The average molecular weight is 592 g/mol. The number of anilines is 1. The Morgan fingerprint density at radius 3 is 2.73 bits per heavy atom. The molecule has 3 aromatic carbocycles. The van der Waals surface area contributed by atoms with Gasteiger partial charge in [0.05, 0.1) is 24.4 Å². The third-order valence-electron chi connectivity index (χ3n) is 7.89. The molecule has 1 aliphatic rings. The molecule has 226 valence electrons. The summed E-state index contributed by atoms with van der Waals surface area (Å²) in [5.74, 6) is 2.52. The zero-order chi connectivity index (χ0) is 30.3. The summed E-state index contributed by atoms with van der Waals surface area (Å²) in [7, 11) is 0. The summed E-state index contributed by atoms with van der Waals surface area (Å²) in [6, 6.07) is 22.6. The zero-order valence-corrected chi connectivity index (χ0v) is 25.2. The molecule has 0 aliphatic carbocycles. The van der Waals surface area contributed by atoms with Gasteiger partial charge in [0, 0.05) is 43.4 Å². The highest BCUT2D eigenvalue weighted by atomic mass is 16.5. The molecule has 1 N–H and O–H groups in total. The van der Waals surface area contributed by atoms with Crippen LogP contribution in [0.5, 0.6) is 5.75 Å². The lowest BCUT2D eigenvalue weighted by molar-refractivity contribution is -0.132. The summed E-state index contributed by atoms with van der Waals surface area (Å²) in [5.41, 5.74) is 7.14. The maximum absolute atomic E-state index is 13.4. The van der Waals surface area contributed by atoms with Crippen molar-refractivity contribution in [1.82, 2.24) is 20.0 Å². The number of nitrogens with one attached hydrogen (secondary N) is 1. The van der Waals surface area contributed by atoms with Gasteiger partial charge in [0.2, 0.25) is 5.91 Å². The average Bonchev–Trinajstić information content (AvgIpc) is 3.38. The largest absolute Gasteiger partial charge is 0.491 e. The highest BCUT2D eigenvalue weighted by Gasteiger charge is 2.17. The quantitative estimate of drug-likeness (QED) is 0.236. The number of ether oxygens (including phenoxy) is 2. The van der Waals surface area contributed by atoms with Crippen LogP contribution in [0.25, 0.3) is 22.0 Å². The Morgan fingerprint density at radius 1 is 0.955 bits per heavy atom. The van der Waals surface area contributed by atoms with Gasteiger partial charge in [0.15, 0.2) is 0 Å². The third-order valence-corrected chi connectivity index (χ3v) is 7.89. The van der Waals surface area contributed by atoms with Gasteiger partial charge in [-0.25, -0.2) is 9.97 Å². The predicted octanol–water partition coefficient (Wildman–Crippen LogP) is 6.12. The highest BCUT2D eigenvalue weighted by molar-refractivity contribution is 5.88. The fourth-order valence-electron chi connectivity index (χ4n) is 5.72. The molecule has 0 saturated heterocycles. The molecule has 0 radical (unpaired) electrons. The Labute approximate surface area is 257 Å². The molecule has 0 unspecified atom stereocenters. The van der Waals surface area contributed by atoms with Crippen LogP contribution in [0.1, 0.15) is 41.0 Å². The maximum Gasteiger partial charge on any atom is 0.223 e. The molecule has 9 nitrogen and oxygen atoms in total. The van der Waals surface area contributed by atoms with Crippen LogP contribution >= 0.6 is 0 Å². The standard InChI is InChI=1S/C35H37N5O4/c1-24-34(25(2)44-39-24)28-12-13-32-29(21-28)20-26-7-5-8-27(19-26)22-40(15-16-42-17-18-43-32)33(41)11-6-14-36-35-30-9-3-4-10-31(30)37-23-38-35/h3-5,7-10,12-13,19,21,23H,6,11,14-18,20,22H2,1-2H3,(H,36,37,38). The molecule has 2 bridgehead atoms. The Balaban J connectivity index is 1.14. The van der Waals surface area contributed by atoms with E-state index in [1.807, 2.05) is 49.1 Å². The number of carbonyl (C=O) groups is 1. The molecule has 0 saturated carbocycles. The molecular weight excluding hydrogens is 554 g/mol. The normalized spacial score (nSPS) is 14.0. The molecule has 1 amide bonds. The van der Waals surface area contributed by atoms with Crippen LogP contribution in [0.2, 0.25) is 0 Å². The molecule has 0 spiro atoms. The Hall–Kier alpha value is -4.76. The van der Waals surface area contributed by atoms with E-state index in [0.29, 0.717) is 58.7 Å². The van der Waals surface area contributed by atoms with E-state index in [-0.39, 0.29) is 5.91 Å². The fourth-order valence-corrected chi connectivity index (χ4v) is 5.72. The Morgan fingerprint density at radius 2 is 1.84 bits per heavy atom. The van der Waals surface area contributed by atoms with Crippen molar-refractivity contribution in [2.75, 3.05) is 38.2 Å². The number of rotatable bonds is 6. The number of nitrogens with zero attached hydrogens (tertiary/aromatic N) is 4. The molecule has 3 heterocycles. The maximum atomic E-state index is 13.4. The summed E-state index contributed by atoms with van der Waals surface area (Å²) in [6.45, 7) is 6.88. The van der Waals surface area contributed by atoms with Gasteiger partial charge < -0.3 is 24.2 Å². The van der Waals surface area contributed by atoms with Crippen molar-refractivity contribution in [2.24, 2.45) is 0 Å². The topological polar surface area (TPSA) is 103 Å². The molecule has 0 atom stereocenters. The van der Waals surface area contributed by atoms with E-state index in [1.165, 1.54) is 0 Å². The van der Waals surface area contributed by atoms with Crippen molar-refractivity contribution < 1.29 is 18.8 Å². The summed E-state index contributed by atoms with van der Waals surface area (Å²) in [5, 5.41) is 8.48. The van der Waals surface area contributed by atoms with E-state index in [0.717, 1.165) is 61.7 Å². The first kappa shape index (κ1) is 29.3. The molecule has 9 heteroatoms. The number of fused-ring (bicyclic) bond motifs is 4. The molecule has 1 aliphatic heterocycles. The number of benzene rings is 3. The second-order valence-corrected chi connectivity index (χ2v) is 11.1. The SMILES string of the molecule is Cc1noc(C)c1-c1ccc2c(c1)Cc1cccc(c1)CN(C(=O)CCCNc1ncnc3ccccc13)CCOCCO2. The summed E-state index contributed by atoms with van der Waals surface area (Å²) < 4.78 is 17.5.